The first-order valence-corrected chi connectivity index (χ1v) is 8.50. The molecule has 0 bridgehead atoms. The summed E-state index contributed by atoms with van der Waals surface area (Å²) < 4.78 is 0. The molecule has 0 spiro atoms. The van der Waals surface area contributed by atoms with Gasteiger partial charge >= 0.3 is 6.09 Å². The molecule has 2 fully saturated rings. The SMILES string of the molecule is O=C(O)N1CCC(CCCC2CCN(CCO)CC2)CC1. The summed E-state index contributed by atoms with van der Waals surface area (Å²) in [5.41, 5.74) is 0. The molecule has 2 N–H and O–H groups in total. The number of nitrogens with zero attached hydrogens (tertiary/aromatic N) is 2. The molecule has 2 aliphatic rings. The van der Waals surface area contributed by atoms with E-state index in [-0.39, 0.29) is 6.61 Å². The third-order valence-corrected chi connectivity index (χ3v) is 5.23. The van der Waals surface area contributed by atoms with Crippen molar-refractivity contribution >= 4 is 6.09 Å². The summed E-state index contributed by atoms with van der Waals surface area (Å²) >= 11 is 0. The lowest BCUT2D eigenvalue weighted by molar-refractivity contribution is 0.120. The van der Waals surface area contributed by atoms with Gasteiger partial charge in [0, 0.05) is 19.6 Å². The minimum absolute atomic E-state index is 0.277. The largest absolute Gasteiger partial charge is 0.465 e. The Bertz CT molecular complexity index is 309. The fraction of sp³-hybridized carbons (Fsp3) is 0.938. The Morgan fingerprint density at radius 2 is 1.48 bits per heavy atom. The molecule has 0 radical (unpaired) electrons. The van der Waals surface area contributed by atoms with E-state index in [0.717, 1.165) is 57.4 Å². The van der Waals surface area contributed by atoms with Gasteiger partial charge in [0.15, 0.2) is 0 Å². The number of likely N-dealkylation sites (tertiary alicyclic amines) is 2. The summed E-state index contributed by atoms with van der Waals surface area (Å²) in [6.07, 6.45) is 7.76. The lowest BCUT2D eigenvalue weighted by Crippen LogP contribution is -2.37. The molecular formula is C16H30N2O3. The van der Waals surface area contributed by atoms with Crippen LogP contribution in [0.25, 0.3) is 0 Å². The van der Waals surface area contributed by atoms with Gasteiger partial charge in [0.2, 0.25) is 0 Å². The smallest absolute Gasteiger partial charge is 0.407 e. The molecular weight excluding hydrogens is 268 g/mol. The van der Waals surface area contributed by atoms with E-state index < -0.39 is 6.09 Å². The van der Waals surface area contributed by atoms with Gasteiger partial charge in [-0.3, -0.25) is 0 Å². The molecule has 2 heterocycles. The van der Waals surface area contributed by atoms with Crippen LogP contribution in [0.1, 0.15) is 44.9 Å². The molecule has 0 aromatic carbocycles. The van der Waals surface area contributed by atoms with Crippen LogP contribution in [0.15, 0.2) is 0 Å². The summed E-state index contributed by atoms with van der Waals surface area (Å²) in [5, 5.41) is 17.9. The van der Waals surface area contributed by atoms with E-state index >= 15 is 0 Å². The van der Waals surface area contributed by atoms with E-state index in [1.165, 1.54) is 32.1 Å². The highest BCUT2D eigenvalue weighted by atomic mass is 16.4. The molecule has 0 saturated carbocycles. The van der Waals surface area contributed by atoms with Crippen molar-refractivity contribution in [3.63, 3.8) is 0 Å². The lowest BCUT2D eigenvalue weighted by Gasteiger charge is -2.32. The van der Waals surface area contributed by atoms with Crippen LogP contribution >= 0.6 is 0 Å². The quantitative estimate of drug-likeness (QED) is 0.789. The number of piperidine rings is 2. The van der Waals surface area contributed by atoms with Gasteiger partial charge < -0.3 is 20.0 Å². The van der Waals surface area contributed by atoms with Gasteiger partial charge in [-0.15, -0.1) is 0 Å². The molecule has 0 aromatic rings. The van der Waals surface area contributed by atoms with E-state index in [1.54, 1.807) is 4.90 Å². The van der Waals surface area contributed by atoms with Gasteiger partial charge in [-0.1, -0.05) is 19.3 Å². The fourth-order valence-corrected chi connectivity index (χ4v) is 3.75. The predicted octanol–water partition coefficient (Wildman–Crippen LogP) is 2.25. The minimum atomic E-state index is -0.761. The molecule has 1 amide bonds. The zero-order valence-electron chi connectivity index (χ0n) is 13.0. The summed E-state index contributed by atoms with van der Waals surface area (Å²) in [6.45, 7) is 4.83. The van der Waals surface area contributed by atoms with Crippen molar-refractivity contribution in [2.45, 2.75) is 44.9 Å². The molecule has 0 aromatic heterocycles. The number of carbonyl (C=O) groups is 1. The minimum Gasteiger partial charge on any atom is -0.465 e. The van der Waals surface area contributed by atoms with Crippen LogP contribution in [0, 0.1) is 11.8 Å². The Morgan fingerprint density at radius 3 is 1.95 bits per heavy atom. The second-order valence-corrected chi connectivity index (χ2v) is 6.65. The number of β-amino-alcohol motifs (C(OH)–C–C–N with tert-alkyl or cyclic N) is 1. The van der Waals surface area contributed by atoms with Crippen LogP contribution in [0.5, 0.6) is 0 Å². The Labute approximate surface area is 127 Å². The Morgan fingerprint density at radius 1 is 0.952 bits per heavy atom. The summed E-state index contributed by atoms with van der Waals surface area (Å²) in [4.78, 5) is 14.8. The van der Waals surface area contributed by atoms with E-state index in [0.29, 0.717) is 0 Å². The first-order valence-electron chi connectivity index (χ1n) is 8.50. The van der Waals surface area contributed by atoms with Crippen LogP contribution in [-0.2, 0) is 0 Å². The van der Waals surface area contributed by atoms with Crippen LogP contribution < -0.4 is 0 Å². The maximum atomic E-state index is 10.9. The highest BCUT2D eigenvalue weighted by Gasteiger charge is 2.23. The standard InChI is InChI=1S/C16H30N2O3/c19-13-12-17-8-4-14(5-9-17)2-1-3-15-6-10-18(11-7-15)16(20)21/h14-15,19H,1-13H2,(H,20,21). The van der Waals surface area contributed by atoms with E-state index in [4.69, 9.17) is 10.2 Å². The van der Waals surface area contributed by atoms with Crippen LogP contribution in [0.2, 0.25) is 0 Å². The van der Waals surface area contributed by atoms with Crippen molar-refractivity contribution in [1.29, 1.82) is 0 Å². The van der Waals surface area contributed by atoms with Crippen molar-refractivity contribution in [2.75, 3.05) is 39.3 Å². The zero-order chi connectivity index (χ0) is 15.1. The molecule has 0 aliphatic carbocycles. The topological polar surface area (TPSA) is 64.0 Å². The first-order chi connectivity index (χ1) is 10.2. The average molecular weight is 298 g/mol. The maximum Gasteiger partial charge on any atom is 0.407 e. The molecule has 2 aliphatic heterocycles. The van der Waals surface area contributed by atoms with Crippen molar-refractivity contribution in [3.05, 3.63) is 0 Å². The van der Waals surface area contributed by atoms with E-state index in [1.807, 2.05) is 0 Å². The van der Waals surface area contributed by atoms with Gasteiger partial charge in [-0.2, -0.15) is 0 Å². The molecule has 5 nitrogen and oxygen atoms in total. The highest BCUT2D eigenvalue weighted by Crippen LogP contribution is 2.27. The lowest BCUT2D eigenvalue weighted by atomic mass is 9.87. The van der Waals surface area contributed by atoms with Gasteiger partial charge in [-0.25, -0.2) is 4.79 Å². The average Bonchev–Trinajstić information content (AvgIpc) is 2.50. The maximum absolute atomic E-state index is 10.9. The van der Waals surface area contributed by atoms with Gasteiger partial charge in [-0.05, 0) is 50.6 Å². The predicted molar refractivity (Wildman–Crippen MR) is 82.4 cm³/mol. The van der Waals surface area contributed by atoms with Crippen LogP contribution in [-0.4, -0.2) is 65.4 Å². The molecule has 2 rings (SSSR count). The van der Waals surface area contributed by atoms with Crippen molar-refractivity contribution in [1.82, 2.24) is 9.80 Å². The summed E-state index contributed by atoms with van der Waals surface area (Å²) in [6, 6.07) is 0. The number of hydrogen-bond donors (Lipinski definition) is 2. The fourth-order valence-electron chi connectivity index (χ4n) is 3.75. The molecule has 2 saturated heterocycles. The molecule has 21 heavy (non-hydrogen) atoms. The second kappa shape index (κ2) is 8.59. The summed E-state index contributed by atoms with van der Waals surface area (Å²) in [5.74, 6) is 1.59. The number of aliphatic hydroxyl groups is 1. The van der Waals surface area contributed by atoms with Crippen molar-refractivity contribution < 1.29 is 15.0 Å². The first kappa shape index (κ1) is 16.6. The monoisotopic (exact) mass is 298 g/mol. The second-order valence-electron chi connectivity index (χ2n) is 6.65. The Hall–Kier alpha value is -0.810. The number of aliphatic hydroxyl groups excluding tert-OH is 1. The molecule has 0 unspecified atom stereocenters. The zero-order valence-corrected chi connectivity index (χ0v) is 13.0. The third-order valence-electron chi connectivity index (χ3n) is 5.23. The van der Waals surface area contributed by atoms with Crippen LogP contribution in [0.4, 0.5) is 4.79 Å². The molecule has 5 heteroatoms. The third kappa shape index (κ3) is 5.47. The number of rotatable bonds is 6. The molecule has 0 atom stereocenters. The van der Waals surface area contributed by atoms with Gasteiger partial charge in [0.05, 0.1) is 6.61 Å². The summed E-state index contributed by atoms with van der Waals surface area (Å²) in [7, 11) is 0. The van der Waals surface area contributed by atoms with Gasteiger partial charge in [0.1, 0.15) is 0 Å². The Kier molecular flexibility index (Phi) is 6.77. The van der Waals surface area contributed by atoms with E-state index in [9.17, 15) is 4.79 Å². The van der Waals surface area contributed by atoms with Gasteiger partial charge in [0.25, 0.3) is 0 Å². The van der Waals surface area contributed by atoms with Crippen molar-refractivity contribution in [3.8, 4) is 0 Å². The number of carboxylic acid groups (broad SMARTS) is 1. The number of amides is 1. The van der Waals surface area contributed by atoms with Crippen LogP contribution in [0.3, 0.4) is 0 Å². The van der Waals surface area contributed by atoms with Crippen molar-refractivity contribution in [2.24, 2.45) is 11.8 Å². The highest BCUT2D eigenvalue weighted by molar-refractivity contribution is 5.64. The Balaban J connectivity index is 1.54. The number of hydrogen-bond acceptors (Lipinski definition) is 3. The normalized spacial score (nSPS) is 22.6. The molecule has 122 valence electrons. The van der Waals surface area contributed by atoms with E-state index in [2.05, 4.69) is 4.90 Å².